The molecule has 90 valence electrons. The molecule has 0 radical (unpaired) electrons. The maximum absolute atomic E-state index is 5.93. The minimum absolute atomic E-state index is 0.357. The van der Waals surface area contributed by atoms with Crippen LogP contribution in [-0.4, -0.2) is 43.7 Å². The van der Waals surface area contributed by atoms with E-state index in [0.717, 1.165) is 13.1 Å². The molecule has 0 atom stereocenters. The standard InChI is InChI=1S/C11H25N3O/c1-9(2)8-13-11(12)14(10(3)4)6-7-15-5/h9-10H,6-8H2,1-5H3,(H2,12,13). The molecule has 15 heavy (non-hydrogen) atoms. The molecule has 0 aliphatic heterocycles. The van der Waals surface area contributed by atoms with Crippen molar-refractivity contribution in [1.29, 1.82) is 0 Å². The Bertz CT molecular complexity index is 190. The van der Waals surface area contributed by atoms with E-state index in [-0.39, 0.29) is 0 Å². The van der Waals surface area contributed by atoms with Gasteiger partial charge in [0.05, 0.1) is 6.61 Å². The number of nitrogens with zero attached hydrogens (tertiary/aromatic N) is 2. The minimum atomic E-state index is 0.357. The Kier molecular flexibility index (Phi) is 7.13. The van der Waals surface area contributed by atoms with E-state index in [0.29, 0.717) is 24.5 Å². The predicted molar refractivity (Wildman–Crippen MR) is 65.0 cm³/mol. The van der Waals surface area contributed by atoms with Gasteiger partial charge < -0.3 is 15.4 Å². The summed E-state index contributed by atoms with van der Waals surface area (Å²) < 4.78 is 5.05. The molecule has 0 heterocycles. The summed E-state index contributed by atoms with van der Waals surface area (Å²) in [4.78, 5) is 6.42. The summed E-state index contributed by atoms with van der Waals surface area (Å²) in [6.45, 7) is 10.7. The zero-order valence-electron chi connectivity index (χ0n) is 10.7. The highest BCUT2D eigenvalue weighted by Crippen LogP contribution is 1.99. The van der Waals surface area contributed by atoms with Crippen LogP contribution in [-0.2, 0) is 4.74 Å². The average Bonchev–Trinajstić information content (AvgIpc) is 2.14. The summed E-state index contributed by atoms with van der Waals surface area (Å²) in [5, 5.41) is 0. The maximum Gasteiger partial charge on any atom is 0.191 e. The van der Waals surface area contributed by atoms with Crippen molar-refractivity contribution in [2.24, 2.45) is 16.6 Å². The first kappa shape index (κ1) is 14.2. The molecular formula is C11H25N3O. The van der Waals surface area contributed by atoms with Crippen molar-refractivity contribution in [3.05, 3.63) is 0 Å². The minimum Gasteiger partial charge on any atom is -0.383 e. The van der Waals surface area contributed by atoms with E-state index in [9.17, 15) is 0 Å². The second-order valence-corrected chi connectivity index (χ2v) is 4.37. The van der Waals surface area contributed by atoms with E-state index in [4.69, 9.17) is 10.5 Å². The molecule has 0 fully saturated rings. The molecule has 0 aromatic rings. The number of methoxy groups -OCH3 is 1. The molecule has 0 aliphatic carbocycles. The van der Waals surface area contributed by atoms with Gasteiger partial charge in [-0.15, -0.1) is 0 Å². The number of hydrogen-bond acceptors (Lipinski definition) is 2. The number of aliphatic imine (C=N–C) groups is 1. The lowest BCUT2D eigenvalue weighted by atomic mass is 10.2. The van der Waals surface area contributed by atoms with Crippen molar-refractivity contribution < 1.29 is 4.74 Å². The second kappa shape index (κ2) is 7.51. The molecule has 0 bridgehead atoms. The third-order valence-electron chi connectivity index (χ3n) is 2.07. The summed E-state index contributed by atoms with van der Waals surface area (Å²) in [5.41, 5.74) is 5.93. The molecule has 0 unspecified atom stereocenters. The SMILES string of the molecule is COCCN(C(N)=NCC(C)C)C(C)C. The fourth-order valence-corrected chi connectivity index (χ4v) is 1.19. The molecule has 0 amide bonds. The maximum atomic E-state index is 5.93. The van der Waals surface area contributed by atoms with Crippen molar-refractivity contribution in [1.82, 2.24) is 4.90 Å². The zero-order chi connectivity index (χ0) is 11.8. The molecule has 0 rings (SSSR count). The average molecular weight is 215 g/mol. The van der Waals surface area contributed by atoms with Crippen molar-refractivity contribution in [3.8, 4) is 0 Å². The molecule has 4 nitrogen and oxygen atoms in total. The second-order valence-electron chi connectivity index (χ2n) is 4.37. The number of ether oxygens (including phenoxy) is 1. The van der Waals surface area contributed by atoms with Gasteiger partial charge in [-0.3, -0.25) is 4.99 Å². The predicted octanol–water partition coefficient (Wildman–Crippen LogP) is 1.31. The summed E-state index contributed by atoms with van der Waals surface area (Å²) in [5.74, 6) is 1.16. The first-order chi connectivity index (χ1) is 6.99. The normalized spacial score (nSPS) is 12.6. The van der Waals surface area contributed by atoms with Crippen molar-refractivity contribution >= 4 is 5.96 Å². The molecule has 4 heteroatoms. The van der Waals surface area contributed by atoms with Crippen LogP contribution in [0.25, 0.3) is 0 Å². The Balaban J connectivity index is 4.27. The fourth-order valence-electron chi connectivity index (χ4n) is 1.19. The lowest BCUT2D eigenvalue weighted by Crippen LogP contribution is -2.44. The highest BCUT2D eigenvalue weighted by molar-refractivity contribution is 5.78. The topological polar surface area (TPSA) is 50.9 Å². The Morgan fingerprint density at radius 1 is 1.33 bits per heavy atom. The largest absolute Gasteiger partial charge is 0.383 e. The molecule has 0 saturated heterocycles. The van der Waals surface area contributed by atoms with Crippen LogP contribution < -0.4 is 5.73 Å². The van der Waals surface area contributed by atoms with Crippen molar-refractivity contribution in [3.63, 3.8) is 0 Å². The van der Waals surface area contributed by atoms with E-state index in [1.807, 2.05) is 0 Å². The molecule has 0 aromatic carbocycles. The van der Waals surface area contributed by atoms with Gasteiger partial charge in [0.25, 0.3) is 0 Å². The Morgan fingerprint density at radius 3 is 2.33 bits per heavy atom. The number of hydrogen-bond donors (Lipinski definition) is 1. The smallest absolute Gasteiger partial charge is 0.191 e. The Hall–Kier alpha value is -0.770. The van der Waals surface area contributed by atoms with Crippen LogP contribution in [0.2, 0.25) is 0 Å². The van der Waals surface area contributed by atoms with Crippen molar-refractivity contribution in [2.75, 3.05) is 26.8 Å². The van der Waals surface area contributed by atoms with Crippen LogP contribution >= 0.6 is 0 Å². The van der Waals surface area contributed by atoms with Gasteiger partial charge in [-0.1, -0.05) is 13.8 Å². The lowest BCUT2D eigenvalue weighted by Gasteiger charge is -2.27. The van der Waals surface area contributed by atoms with Crippen LogP contribution in [0.5, 0.6) is 0 Å². The first-order valence-electron chi connectivity index (χ1n) is 5.54. The van der Waals surface area contributed by atoms with E-state index in [1.165, 1.54) is 0 Å². The van der Waals surface area contributed by atoms with Gasteiger partial charge in [-0.25, -0.2) is 0 Å². The zero-order valence-corrected chi connectivity index (χ0v) is 10.7. The Labute approximate surface area is 93.5 Å². The number of nitrogens with two attached hydrogens (primary N) is 1. The summed E-state index contributed by atoms with van der Waals surface area (Å²) in [6, 6.07) is 0.357. The molecule has 0 saturated carbocycles. The van der Waals surface area contributed by atoms with Crippen molar-refractivity contribution in [2.45, 2.75) is 33.7 Å². The fraction of sp³-hybridized carbons (Fsp3) is 0.909. The number of guanidine groups is 1. The van der Waals surface area contributed by atoms with Gasteiger partial charge in [0.2, 0.25) is 0 Å². The van der Waals surface area contributed by atoms with E-state index in [1.54, 1.807) is 7.11 Å². The van der Waals surface area contributed by atoms with Gasteiger partial charge in [0, 0.05) is 26.2 Å². The van der Waals surface area contributed by atoms with Crippen LogP contribution in [0.3, 0.4) is 0 Å². The van der Waals surface area contributed by atoms with Gasteiger partial charge in [0.1, 0.15) is 0 Å². The third kappa shape index (κ3) is 6.33. The molecule has 0 aliphatic rings. The molecule has 0 aromatic heterocycles. The van der Waals surface area contributed by atoms with Gasteiger partial charge in [-0.05, 0) is 19.8 Å². The van der Waals surface area contributed by atoms with Crippen LogP contribution in [0.1, 0.15) is 27.7 Å². The van der Waals surface area contributed by atoms with Crippen LogP contribution in [0.15, 0.2) is 4.99 Å². The highest BCUT2D eigenvalue weighted by atomic mass is 16.5. The highest BCUT2D eigenvalue weighted by Gasteiger charge is 2.11. The molecule has 2 N–H and O–H groups in total. The summed E-state index contributed by atoms with van der Waals surface area (Å²) >= 11 is 0. The van der Waals surface area contributed by atoms with Crippen LogP contribution in [0, 0.1) is 5.92 Å². The van der Waals surface area contributed by atoms with E-state index >= 15 is 0 Å². The van der Waals surface area contributed by atoms with Crippen LogP contribution in [0.4, 0.5) is 0 Å². The Morgan fingerprint density at radius 2 is 1.93 bits per heavy atom. The summed E-state index contributed by atoms with van der Waals surface area (Å²) in [7, 11) is 1.69. The first-order valence-corrected chi connectivity index (χ1v) is 5.54. The molecule has 0 spiro atoms. The lowest BCUT2D eigenvalue weighted by molar-refractivity contribution is 0.166. The van der Waals surface area contributed by atoms with E-state index in [2.05, 4.69) is 37.6 Å². The molecular weight excluding hydrogens is 190 g/mol. The van der Waals surface area contributed by atoms with E-state index < -0.39 is 0 Å². The third-order valence-corrected chi connectivity index (χ3v) is 2.07. The summed E-state index contributed by atoms with van der Waals surface area (Å²) in [6.07, 6.45) is 0. The quantitative estimate of drug-likeness (QED) is 0.537. The van der Waals surface area contributed by atoms with Gasteiger partial charge in [0.15, 0.2) is 5.96 Å². The van der Waals surface area contributed by atoms with Gasteiger partial charge in [-0.2, -0.15) is 0 Å². The number of rotatable bonds is 6. The monoisotopic (exact) mass is 215 g/mol. The van der Waals surface area contributed by atoms with Gasteiger partial charge >= 0.3 is 0 Å².